The van der Waals surface area contributed by atoms with Crippen LogP contribution in [0, 0.1) is 0 Å². The fourth-order valence-electron chi connectivity index (χ4n) is 2.31. The van der Waals surface area contributed by atoms with Gasteiger partial charge < -0.3 is 15.4 Å². The second kappa shape index (κ2) is 4.55. The second-order valence-corrected chi connectivity index (χ2v) is 4.79. The van der Waals surface area contributed by atoms with E-state index in [1.54, 1.807) is 18.2 Å². The summed E-state index contributed by atoms with van der Waals surface area (Å²) in [7, 11) is 1.92. The third-order valence-electron chi connectivity index (χ3n) is 3.50. The smallest absolute Gasteiger partial charge is 0.260 e. The van der Waals surface area contributed by atoms with Crippen molar-refractivity contribution >= 4 is 22.5 Å². The maximum absolute atomic E-state index is 12.1. The molecule has 0 amide bonds. The van der Waals surface area contributed by atoms with Crippen LogP contribution in [0.4, 0.5) is 11.6 Å². The minimum Gasteiger partial charge on any atom is -0.399 e. The van der Waals surface area contributed by atoms with E-state index >= 15 is 0 Å². The maximum atomic E-state index is 12.1. The Morgan fingerprint density at radius 2 is 2.37 bits per heavy atom. The number of aromatic nitrogens is 2. The van der Waals surface area contributed by atoms with E-state index in [4.69, 9.17) is 10.5 Å². The van der Waals surface area contributed by atoms with Gasteiger partial charge in [0.05, 0.1) is 23.6 Å². The van der Waals surface area contributed by atoms with Gasteiger partial charge in [0, 0.05) is 19.3 Å². The summed E-state index contributed by atoms with van der Waals surface area (Å²) in [6.45, 7) is 1.42. The van der Waals surface area contributed by atoms with Gasteiger partial charge >= 0.3 is 0 Å². The van der Waals surface area contributed by atoms with Gasteiger partial charge in [-0.1, -0.05) is 0 Å². The standard InChI is InChI=1S/C13H16N4O2/c1-17(9-4-5-19-7-9)13-15-11-3-2-8(14)6-10(11)12(18)16-13/h2-3,6,9H,4-5,7,14H2,1H3,(H,15,16,18). The number of nitrogens with zero attached hydrogens (tertiary/aromatic N) is 2. The van der Waals surface area contributed by atoms with E-state index in [1.165, 1.54) is 0 Å². The van der Waals surface area contributed by atoms with Gasteiger partial charge in [0.15, 0.2) is 0 Å². The molecule has 6 heteroatoms. The molecular weight excluding hydrogens is 244 g/mol. The molecule has 0 radical (unpaired) electrons. The van der Waals surface area contributed by atoms with Crippen molar-refractivity contribution in [3.8, 4) is 0 Å². The average Bonchev–Trinajstić information content (AvgIpc) is 2.92. The first-order valence-corrected chi connectivity index (χ1v) is 6.25. The van der Waals surface area contributed by atoms with Crippen LogP contribution in [0.2, 0.25) is 0 Å². The van der Waals surface area contributed by atoms with Crippen molar-refractivity contribution in [2.75, 3.05) is 30.9 Å². The second-order valence-electron chi connectivity index (χ2n) is 4.79. The van der Waals surface area contributed by atoms with E-state index in [9.17, 15) is 4.79 Å². The Balaban J connectivity index is 2.05. The number of aromatic amines is 1. The third-order valence-corrected chi connectivity index (χ3v) is 3.50. The van der Waals surface area contributed by atoms with Gasteiger partial charge in [0.25, 0.3) is 5.56 Å². The van der Waals surface area contributed by atoms with Gasteiger partial charge in [0.1, 0.15) is 0 Å². The third kappa shape index (κ3) is 2.15. The summed E-state index contributed by atoms with van der Waals surface area (Å²) in [4.78, 5) is 21.3. The predicted octanol–water partition coefficient (Wildman–Crippen LogP) is 0.730. The molecule has 1 fully saturated rings. The lowest BCUT2D eigenvalue weighted by atomic mass is 10.2. The molecule has 1 saturated heterocycles. The number of anilines is 2. The Bertz CT molecular complexity index is 661. The van der Waals surface area contributed by atoms with Crippen LogP contribution in [0.25, 0.3) is 10.9 Å². The molecule has 3 N–H and O–H groups in total. The van der Waals surface area contributed by atoms with Crippen LogP contribution >= 0.6 is 0 Å². The molecule has 19 heavy (non-hydrogen) atoms. The molecule has 0 bridgehead atoms. The van der Waals surface area contributed by atoms with Crippen LogP contribution in [-0.4, -0.2) is 36.3 Å². The summed E-state index contributed by atoms with van der Waals surface area (Å²) in [5, 5.41) is 0.514. The van der Waals surface area contributed by atoms with Gasteiger partial charge in [-0.25, -0.2) is 4.98 Å². The van der Waals surface area contributed by atoms with Crippen LogP contribution < -0.4 is 16.2 Å². The molecule has 1 aromatic carbocycles. The van der Waals surface area contributed by atoms with Gasteiger partial charge in [-0.3, -0.25) is 9.78 Å². The lowest BCUT2D eigenvalue weighted by Gasteiger charge is -2.23. The number of nitrogens with two attached hydrogens (primary N) is 1. The van der Waals surface area contributed by atoms with E-state index < -0.39 is 0 Å². The SMILES string of the molecule is CN(c1nc2ccc(N)cc2c(=O)[nH]1)C1CCOC1. The maximum Gasteiger partial charge on any atom is 0.260 e. The van der Waals surface area contributed by atoms with Gasteiger partial charge in [-0.2, -0.15) is 0 Å². The van der Waals surface area contributed by atoms with E-state index in [2.05, 4.69) is 9.97 Å². The van der Waals surface area contributed by atoms with Crippen LogP contribution in [0.3, 0.4) is 0 Å². The topological polar surface area (TPSA) is 84.2 Å². The van der Waals surface area contributed by atoms with Crippen molar-refractivity contribution in [1.82, 2.24) is 9.97 Å². The molecule has 0 aliphatic carbocycles. The Labute approximate surface area is 110 Å². The zero-order valence-electron chi connectivity index (χ0n) is 10.7. The first-order chi connectivity index (χ1) is 9.15. The van der Waals surface area contributed by atoms with Crippen molar-refractivity contribution in [2.24, 2.45) is 0 Å². The molecule has 1 aliphatic heterocycles. The lowest BCUT2D eigenvalue weighted by molar-refractivity contribution is 0.193. The minimum absolute atomic E-state index is 0.168. The van der Waals surface area contributed by atoms with E-state index in [0.717, 1.165) is 13.0 Å². The average molecular weight is 260 g/mol. The molecule has 1 aromatic heterocycles. The number of rotatable bonds is 2. The Hall–Kier alpha value is -2.08. The molecule has 2 aromatic rings. The molecule has 2 heterocycles. The Morgan fingerprint density at radius 1 is 1.53 bits per heavy atom. The normalized spacial score (nSPS) is 18.9. The number of fused-ring (bicyclic) bond motifs is 1. The molecular formula is C13H16N4O2. The van der Waals surface area contributed by atoms with Crippen LogP contribution in [0.1, 0.15) is 6.42 Å². The lowest BCUT2D eigenvalue weighted by Crippen LogP contribution is -2.34. The largest absolute Gasteiger partial charge is 0.399 e. The van der Waals surface area contributed by atoms with Crippen LogP contribution in [0.5, 0.6) is 0 Å². The molecule has 100 valence electrons. The number of likely N-dealkylation sites (N-methyl/N-ethyl adjacent to an activating group) is 1. The van der Waals surface area contributed by atoms with Crippen molar-refractivity contribution in [3.05, 3.63) is 28.6 Å². The highest BCUT2D eigenvalue weighted by molar-refractivity contribution is 5.81. The molecule has 1 aliphatic rings. The Morgan fingerprint density at radius 3 is 3.11 bits per heavy atom. The molecule has 0 saturated carbocycles. The molecule has 6 nitrogen and oxygen atoms in total. The number of ether oxygens (including phenoxy) is 1. The monoisotopic (exact) mass is 260 g/mol. The zero-order valence-corrected chi connectivity index (χ0v) is 10.7. The fraction of sp³-hybridized carbons (Fsp3) is 0.385. The van der Waals surface area contributed by atoms with E-state index in [-0.39, 0.29) is 11.6 Å². The van der Waals surface area contributed by atoms with Crippen molar-refractivity contribution in [1.29, 1.82) is 0 Å². The number of nitrogen functional groups attached to an aromatic ring is 1. The minimum atomic E-state index is -0.168. The van der Waals surface area contributed by atoms with Gasteiger partial charge in [-0.05, 0) is 24.6 Å². The zero-order chi connectivity index (χ0) is 13.4. The summed E-state index contributed by atoms with van der Waals surface area (Å²) in [6, 6.07) is 5.41. The summed E-state index contributed by atoms with van der Waals surface area (Å²) < 4.78 is 5.36. The summed E-state index contributed by atoms with van der Waals surface area (Å²) in [6.07, 6.45) is 0.944. The van der Waals surface area contributed by atoms with Crippen molar-refractivity contribution in [2.45, 2.75) is 12.5 Å². The van der Waals surface area contributed by atoms with Crippen molar-refractivity contribution in [3.63, 3.8) is 0 Å². The molecule has 0 spiro atoms. The highest BCUT2D eigenvalue weighted by atomic mass is 16.5. The highest BCUT2D eigenvalue weighted by Gasteiger charge is 2.22. The first kappa shape index (κ1) is 12.0. The molecule has 1 unspecified atom stereocenters. The number of nitrogens with one attached hydrogen (secondary N) is 1. The molecule has 3 rings (SSSR count). The Kier molecular flexibility index (Phi) is 2.87. The van der Waals surface area contributed by atoms with E-state index in [1.807, 2.05) is 11.9 Å². The first-order valence-electron chi connectivity index (χ1n) is 6.25. The quantitative estimate of drug-likeness (QED) is 0.778. The predicted molar refractivity (Wildman–Crippen MR) is 74.4 cm³/mol. The number of hydrogen-bond acceptors (Lipinski definition) is 5. The van der Waals surface area contributed by atoms with Gasteiger partial charge in [0.2, 0.25) is 5.95 Å². The summed E-state index contributed by atoms with van der Waals surface area (Å²) in [5.74, 6) is 0.567. The van der Waals surface area contributed by atoms with Crippen LogP contribution in [-0.2, 0) is 4.74 Å². The molecule has 1 atom stereocenters. The number of hydrogen-bond donors (Lipinski definition) is 2. The fourth-order valence-corrected chi connectivity index (χ4v) is 2.31. The number of H-pyrrole nitrogens is 1. The van der Waals surface area contributed by atoms with E-state index in [0.29, 0.717) is 29.1 Å². The van der Waals surface area contributed by atoms with Crippen LogP contribution in [0.15, 0.2) is 23.0 Å². The summed E-state index contributed by atoms with van der Waals surface area (Å²) >= 11 is 0. The highest BCUT2D eigenvalue weighted by Crippen LogP contribution is 2.18. The van der Waals surface area contributed by atoms with Gasteiger partial charge in [-0.15, -0.1) is 0 Å². The van der Waals surface area contributed by atoms with Crippen molar-refractivity contribution < 1.29 is 4.74 Å². The number of benzene rings is 1. The summed E-state index contributed by atoms with van der Waals surface area (Å²) in [5.41, 5.74) is 6.73.